The summed E-state index contributed by atoms with van der Waals surface area (Å²) < 4.78 is 13.7. The molecule has 0 unspecified atom stereocenters. The third-order valence-corrected chi connectivity index (χ3v) is 7.69. The summed E-state index contributed by atoms with van der Waals surface area (Å²) in [5.74, 6) is 7.79. The van der Waals surface area contributed by atoms with E-state index in [1.54, 1.807) is 18.3 Å². The van der Waals surface area contributed by atoms with Gasteiger partial charge in [0.05, 0.1) is 18.4 Å². The van der Waals surface area contributed by atoms with Gasteiger partial charge in [-0.15, -0.1) is 17.3 Å². The molecule has 3 aromatic carbocycles. The van der Waals surface area contributed by atoms with Crippen molar-refractivity contribution in [1.82, 2.24) is 0 Å². The Bertz CT molecular complexity index is 1500. The van der Waals surface area contributed by atoms with Crippen LogP contribution in [0.1, 0.15) is 56.2 Å². The van der Waals surface area contributed by atoms with Crippen LogP contribution in [0.25, 0.3) is 21.2 Å². The van der Waals surface area contributed by atoms with Gasteiger partial charge in [-0.2, -0.15) is 5.26 Å². The number of thiophene rings is 1. The second-order valence-corrected chi connectivity index (χ2v) is 10.7. The molecule has 36 heavy (non-hydrogen) atoms. The standard InChI is InChI=1S/C32H29NO2S/c1-4-6-23(16-18-33)24-10-12-25(13-11-24)34-20-22-9-14-31-28(19-22)29(21-36-31)26-7-5-8-30-27(26)15-17-32(2,3)35-30/h5,7-14,19,21,23H,15-17,20H2,1-3H3/t23-/m0/s1. The van der Waals surface area contributed by atoms with Crippen LogP contribution in [0.15, 0.2) is 66.0 Å². The minimum atomic E-state index is -0.120. The van der Waals surface area contributed by atoms with Gasteiger partial charge in [0.15, 0.2) is 0 Å². The highest BCUT2D eigenvalue weighted by atomic mass is 32.1. The summed E-state index contributed by atoms with van der Waals surface area (Å²) in [5.41, 5.74) is 5.90. The highest BCUT2D eigenvalue weighted by Gasteiger charge is 2.28. The SMILES string of the molecule is CC#C[C@@H](CC#N)c1ccc(OCc2ccc3scc(-c4cccc5c4CCC(C)(C)O5)c3c2)cc1. The molecule has 4 heteroatoms. The van der Waals surface area contributed by atoms with Crippen molar-refractivity contribution < 1.29 is 9.47 Å². The van der Waals surface area contributed by atoms with Crippen molar-refractivity contribution in [3.05, 3.63) is 82.7 Å². The van der Waals surface area contributed by atoms with Crippen molar-refractivity contribution in [3.63, 3.8) is 0 Å². The van der Waals surface area contributed by atoms with E-state index < -0.39 is 0 Å². The summed E-state index contributed by atoms with van der Waals surface area (Å²) in [6.45, 7) is 6.61. The highest BCUT2D eigenvalue weighted by molar-refractivity contribution is 7.17. The maximum absolute atomic E-state index is 9.07. The predicted octanol–water partition coefficient (Wildman–Crippen LogP) is 8.27. The Balaban J connectivity index is 1.37. The first kappa shape index (κ1) is 24.0. The number of rotatable bonds is 6. The Morgan fingerprint density at radius 2 is 1.92 bits per heavy atom. The zero-order chi connectivity index (χ0) is 25.1. The summed E-state index contributed by atoms with van der Waals surface area (Å²) in [4.78, 5) is 0. The number of nitriles is 1. The summed E-state index contributed by atoms with van der Waals surface area (Å²) in [5, 5.41) is 12.6. The van der Waals surface area contributed by atoms with Crippen molar-refractivity contribution in [3.8, 4) is 40.5 Å². The van der Waals surface area contributed by atoms with Crippen molar-refractivity contribution in [1.29, 1.82) is 5.26 Å². The molecule has 0 saturated heterocycles. The van der Waals surface area contributed by atoms with E-state index in [2.05, 4.69) is 73.5 Å². The van der Waals surface area contributed by atoms with Crippen LogP contribution >= 0.6 is 11.3 Å². The lowest BCUT2D eigenvalue weighted by Crippen LogP contribution is -2.32. The normalized spacial score (nSPS) is 14.6. The van der Waals surface area contributed by atoms with E-state index in [9.17, 15) is 0 Å². The molecule has 0 radical (unpaired) electrons. The van der Waals surface area contributed by atoms with Gasteiger partial charge in [-0.1, -0.05) is 36.3 Å². The van der Waals surface area contributed by atoms with Gasteiger partial charge in [-0.3, -0.25) is 0 Å². The van der Waals surface area contributed by atoms with Gasteiger partial charge in [0.1, 0.15) is 23.7 Å². The fraction of sp³-hybridized carbons (Fsp3) is 0.281. The van der Waals surface area contributed by atoms with E-state index in [0.29, 0.717) is 13.0 Å². The molecule has 0 bridgehead atoms. The topological polar surface area (TPSA) is 42.2 Å². The van der Waals surface area contributed by atoms with Gasteiger partial charge >= 0.3 is 0 Å². The molecule has 1 aliphatic heterocycles. The number of ether oxygens (including phenoxy) is 2. The fourth-order valence-electron chi connectivity index (χ4n) is 4.80. The second-order valence-electron chi connectivity index (χ2n) is 9.79. The van der Waals surface area contributed by atoms with E-state index in [-0.39, 0.29) is 11.5 Å². The third-order valence-electron chi connectivity index (χ3n) is 6.73. The van der Waals surface area contributed by atoms with Gasteiger partial charge in [0.25, 0.3) is 0 Å². The molecule has 4 aromatic rings. The van der Waals surface area contributed by atoms with E-state index in [1.165, 1.54) is 26.8 Å². The molecular formula is C32H29NO2S. The molecule has 1 atom stereocenters. The van der Waals surface area contributed by atoms with Crippen molar-refractivity contribution in [2.75, 3.05) is 0 Å². The molecule has 0 amide bonds. The minimum Gasteiger partial charge on any atom is -0.489 e. The summed E-state index contributed by atoms with van der Waals surface area (Å²) in [7, 11) is 0. The van der Waals surface area contributed by atoms with Crippen LogP contribution in [0.5, 0.6) is 11.5 Å². The molecule has 180 valence electrons. The van der Waals surface area contributed by atoms with Crippen molar-refractivity contribution in [2.45, 2.75) is 58.2 Å². The zero-order valence-corrected chi connectivity index (χ0v) is 21.7. The van der Waals surface area contributed by atoms with E-state index in [1.807, 2.05) is 24.3 Å². The Hall–Kier alpha value is -3.73. The zero-order valence-electron chi connectivity index (χ0n) is 20.9. The van der Waals surface area contributed by atoms with E-state index >= 15 is 0 Å². The maximum Gasteiger partial charge on any atom is 0.123 e. The van der Waals surface area contributed by atoms with Crippen LogP contribution < -0.4 is 9.47 Å². The van der Waals surface area contributed by atoms with Crippen LogP contribution in [-0.2, 0) is 13.0 Å². The fourth-order valence-corrected chi connectivity index (χ4v) is 5.74. The number of benzene rings is 3. The quantitative estimate of drug-likeness (QED) is 0.255. The number of hydrogen-bond acceptors (Lipinski definition) is 4. The maximum atomic E-state index is 9.07. The first-order chi connectivity index (χ1) is 17.5. The average Bonchev–Trinajstić information content (AvgIpc) is 3.30. The summed E-state index contributed by atoms with van der Waals surface area (Å²) in [6, 6.07) is 23.1. The molecule has 0 fully saturated rings. The Morgan fingerprint density at radius 3 is 2.69 bits per heavy atom. The lowest BCUT2D eigenvalue weighted by molar-refractivity contribution is 0.0849. The number of fused-ring (bicyclic) bond motifs is 2. The lowest BCUT2D eigenvalue weighted by atomic mass is 9.89. The lowest BCUT2D eigenvalue weighted by Gasteiger charge is -2.33. The van der Waals surface area contributed by atoms with Gasteiger partial charge in [0.2, 0.25) is 0 Å². The van der Waals surface area contributed by atoms with Crippen LogP contribution in [0.3, 0.4) is 0 Å². The van der Waals surface area contributed by atoms with Gasteiger partial charge < -0.3 is 9.47 Å². The first-order valence-corrected chi connectivity index (χ1v) is 13.2. The third kappa shape index (κ3) is 4.97. The van der Waals surface area contributed by atoms with Gasteiger partial charge in [-0.25, -0.2) is 0 Å². The Labute approximate surface area is 217 Å². The highest BCUT2D eigenvalue weighted by Crippen LogP contribution is 2.42. The van der Waals surface area contributed by atoms with E-state index in [4.69, 9.17) is 14.7 Å². The van der Waals surface area contributed by atoms with Crippen LogP contribution in [0, 0.1) is 23.2 Å². The molecule has 2 heterocycles. The second kappa shape index (κ2) is 10.1. The molecule has 0 aliphatic carbocycles. The van der Waals surface area contributed by atoms with Crippen LogP contribution in [0.4, 0.5) is 0 Å². The van der Waals surface area contributed by atoms with Crippen molar-refractivity contribution in [2.24, 2.45) is 0 Å². The molecule has 0 spiro atoms. The molecular weight excluding hydrogens is 462 g/mol. The summed E-state index contributed by atoms with van der Waals surface area (Å²) >= 11 is 1.78. The van der Waals surface area contributed by atoms with Crippen LogP contribution in [-0.4, -0.2) is 5.60 Å². The van der Waals surface area contributed by atoms with Gasteiger partial charge in [-0.05, 0) is 86.0 Å². The first-order valence-electron chi connectivity index (χ1n) is 12.3. The Kier molecular flexibility index (Phi) is 6.73. The summed E-state index contributed by atoms with van der Waals surface area (Å²) in [6.07, 6.45) is 2.42. The molecule has 1 aromatic heterocycles. The Morgan fingerprint density at radius 1 is 1.08 bits per heavy atom. The number of nitrogens with zero attached hydrogens (tertiary/aromatic N) is 1. The van der Waals surface area contributed by atoms with E-state index in [0.717, 1.165) is 35.5 Å². The molecule has 3 nitrogen and oxygen atoms in total. The predicted molar refractivity (Wildman–Crippen MR) is 147 cm³/mol. The largest absolute Gasteiger partial charge is 0.489 e. The minimum absolute atomic E-state index is 0.0614. The number of hydrogen-bond donors (Lipinski definition) is 0. The molecule has 0 saturated carbocycles. The molecule has 0 N–H and O–H groups in total. The monoisotopic (exact) mass is 491 g/mol. The van der Waals surface area contributed by atoms with Gasteiger partial charge in [0, 0.05) is 21.2 Å². The average molecular weight is 492 g/mol. The van der Waals surface area contributed by atoms with Crippen molar-refractivity contribution >= 4 is 21.4 Å². The van der Waals surface area contributed by atoms with Crippen LogP contribution in [0.2, 0.25) is 0 Å². The molecule has 1 aliphatic rings. The smallest absolute Gasteiger partial charge is 0.123 e. The molecule has 5 rings (SSSR count).